The van der Waals surface area contributed by atoms with Crippen LogP contribution >= 0.6 is 15.9 Å². The highest BCUT2D eigenvalue weighted by atomic mass is 79.9. The Labute approximate surface area is 204 Å². The second kappa shape index (κ2) is 7.88. The van der Waals surface area contributed by atoms with E-state index < -0.39 is 17.6 Å². The Balaban J connectivity index is 1.30. The molecular weight excluding hydrogens is 500 g/mol. The summed E-state index contributed by atoms with van der Waals surface area (Å²) in [5, 5.41) is 27.2. The van der Waals surface area contributed by atoms with Crippen LogP contribution in [-0.4, -0.2) is 55.6 Å². The van der Waals surface area contributed by atoms with Crippen LogP contribution in [0.1, 0.15) is 30.6 Å². The number of aliphatic hydroxyl groups is 2. The van der Waals surface area contributed by atoms with E-state index >= 15 is 0 Å². The average Bonchev–Trinajstić information content (AvgIpc) is 3.53. The largest absolute Gasteiger partial charge is 0.390 e. The number of aromatic nitrogens is 4. The van der Waals surface area contributed by atoms with Crippen molar-refractivity contribution in [3.8, 4) is 0 Å². The number of halogens is 1. The number of aliphatic hydroxyl groups excluding tert-OH is 2. The van der Waals surface area contributed by atoms with Crippen molar-refractivity contribution in [3.63, 3.8) is 0 Å². The fourth-order valence-corrected chi connectivity index (χ4v) is 5.96. The van der Waals surface area contributed by atoms with Crippen molar-refractivity contribution in [2.45, 2.75) is 37.2 Å². The van der Waals surface area contributed by atoms with Crippen molar-refractivity contribution < 1.29 is 14.9 Å². The van der Waals surface area contributed by atoms with Gasteiger partial charge in [0.25, 0.3) is 0 Å². The van der Waals surface area contributed by atoms with Crippen LogP contribution in [0.3, 0.4) is 0 Å². The van der Waals surface area contributed by atoms with Gasteiger partial charge in [-0.25, -0.2) is 15.0 Å². The maximum Gasteiger partial charge on any atom is 0.145 e. The summed E-state index contributed by atoms with van der Waals surface area (Å²) in [6.07, 6.45) is 2.57. The van der Waals surface area contributed by atoms with Crippen LogP contribution in [0.5, 0.6) is 0 Å². The van der Waals surface area contributed by atoms with E-state index in [1.165, 1.54) is 6.33 Å². The minimum absolute atomic E-state index is 0.198. The van der Waals surface area contributed by atoms with Gasteiger partial charge in [-0.1, -0.05) is 12.1 Å². The molecule has 1 aromatic carbocycles. The highest BCUT2D eigenvalue weighted by Gasteiger charge is 2.57. The number of hydrogen-bond donors (Lipinski definition) is 4. The highest BCUT2D eigenvalue weighted by molar-refractivity contribution is 9.10. The quantitative estimate of drug-likeness (QED) is 0.321. The molecule has 176 valence electrons. The third-order valence-electron chi connectivity index (χ3n) is 7.42. The molecule has 5 N–H and O–H groups in total. The smallest absolute Gasteiger partial charge is 0.145 e. The number of nitrogens with one attached hydrogen (secondary N) is 1. The van der Waals surface area contributed by atoms with Gasteiger partial charge in [-0.15, -0.1) is 0 Å². The standard InChI is InChI=1S/C24H25BrN6O3/c1-27-22-14-4-5-31(23(14)29-11-28-22)17-8-24(20(33)19(17)32)9-18(34-10-24)13-3-2-12-6-15(25)21(26)30-16(12)7-13/h2-7,11,17-20,32-33H,8-10H2,1H3,(H2,26,30)(H,27,28,29)/t17-,18-,19+,20+,24-/m1/s1. The van der Waals surface area contributed by atoms with E-state index in [-0.39, 0.29) is 12.1 Å². The molecule has 0 unspecified atom stereocenters. The van der Waals surface area contributed by atoms with Crippen molar-refractivity contribution in [2.24, 2.45) is 5.41 Å². The number of ether oxygens (including phenoxy) is 1. The van der Waals surface area contributed by atoms with Gasteiger partial charge in [0.1, 0.15) is 29.7 Å². The number of hydrogen-bond acceptors (Lipinski definition) is 8. The molecule has 0 amide bonds. The number of anilines is 2. The maximum absolute atomic E-state index is 11.2. The molecule has 1 spiro atoms. The summed E-state index contributed by atoms with van der Waals surface area (Å²) in [5.41, 5.74) is 7.94. The number of nitrogens with zero attached hydrogens (tertiary/aromatic N) is 4. The summed E-state index contributed by atoms with van der Waals surface area (Å²) in [4.78, 5) is 13.2. The lowest BCUT2D eigenvalue weighted by Gasteiger charge is -2.26. The van der Waals surface area contributed by atoms with E-state index in [9.17, 15) is 10.2 Å². The molecule has 1 aliphatic heterocycles. The number of rotatable bonds is 3. The number of nitrogens with two attached hydrogens (primary N) is 1. The predicted molar refractivity (Wildman–Crippen MR) is 132 cm³/mol. The van der Waals surface area contributed by atoms with Crippen LogP contribution in [-0.2, 0) is 4.74 Å². The second-order valence-electron chi connectivity index (χ2n) is 9.31. The number of pyridine rings is 1. The molecule has 9 nitrogen and oxygen atoms in total. The van der Waals surface area contributed by atoms with Gasteiger partial charge in [-0.2, -0.15) is 0 Å². The Morgan fingerprint density at radius 2 is 2.06 bits per heavy atom. The molecule has 34 heavy (non-hydrogen) atoms. The first-order valence-corrected chi connectivity index (χ1v) is 12.0. The first-order valence-electron chi connectivity index (χ1n) is 11.2. The molecule has 4 aromatic rings. The minimum atomic E-state index is -0.929. The molecule has 3 aromatic heterocycles. The van der Waals surface area contributed by atoms with Crippen LogP contribution in [0, 0.1) is 5.41 Å². The molecule has 1 aliphatic carbocycles. The third kappa shape index (κ3) is 3.20. The summed E-state index contributed by atoms with van der Waals surface area (Å²) in [7, 11) is 1.81. The zero-order valence-electron chi connectivity index (χ0n) is 18.5. The van der Waals surface area contributed by atoms with Crippen molar-refractivity contribution in [3.05, 3.63) is 52.9 Å². The molecule has 2 fully saturated rings. The van der Waals surface area contributed by atoms with Gasteiger partial charge >= 0.3 is 0 Å². The molecule has 0 bridgehead atoms. The Bertz CT molecular complexity index is 1410. The number of benzene rings is 1. The Morgan fingerprint density at radius 3 is 2.88 bits per heavy atom. The SMILES string of the molecule is CNc1ncnc2c1ccn2[C@@H]1C[C@@]2(CO[C@@H](c3ccc4cc(Br)c(N)nc4c3)C2)[C@@H](O)[C@H]1O. The van der Waals surface area contributed by atoms with Crippen LogP contribution in [0.4, 0.5) is 11.6 Å². The lowest BCUT2D eigenvalue weighted by atomic mass is 9.80. The van der Waals surface area contributed by atoms with Gasteiger partial charge in [0.05, 0.1) is 40.2 Å². The summed E-state index contributed by atoms with van der Waals surface area (Å²) in [6.45, 7) is 0.371. The van der Waals surface area contributed by atoms with Gasteiger partial charge in [0.2, 0.25) is 0 Å². The fourth-order valence-electron chi connectivity index (χ4n) is 5.62. The molecule has 6 rings (SSSR count). The van der Waals surface area contributed by atoms with E-state index in [1.54, 1.807) is 0 Å². The summed E-state index contributed by atoms with van der Waals surface area (Å²) in [6, 6.07) is 9.60. The molecular formula is C24H25BrN6O3. The van der Waals surface area contributed by atoms with Gasteiger partial charge < -0.3 is 30.6 Å². The Morgan fingerprint density at radius 1 is 1.21 bits per heavy atom. The zero-order chi connectivity index (χ0) is 23.6. The molecule has 5 atom stereocenters. The van der Waals surface area contributed by atoms with Crippen molar-refractivity contribution in [1.29, 1.82) is 0 Å². The maximum atomic E-state index is 11.2. The normalized spacial score (nSPS) is 28.9. The van der Waals surface area contributed by atoms with E-state index in [2.05, 4.69) is 36.2 Å². The van der Waals surface area contributed by atoms with Crippen LogP contribution in [0.2, 0.25) is 0 Å². The zero-order valence-corrected chi connectivity index (χ0v) is 20.1. The molecule has 2 aliphatic rings. The first kappa shape index (κ1) is 21.7. The van der Waals surface area contributed by atoms with Gasteiger partial charge in [-0.3, -0.25) is 0 Å². The topological polar surface area (TPSA) is 131 Å². The average molecular weight is 525 g/mol. The molecule has 1 saturated heterocycles. The summed E-state index contributed by atoms with van der Waals surface area (Å²) < 4.78 is 8.92. The summed E-state index contributed by atoms with van der Waals surface area (Å²) >= 11 is 3.42. The molecule has 10 heteroatoms. The van der Waals surface area contributed by atoms with Crippen molar-refractivity contribution in [2.75, 3.05) is 24.7 Å². The fraction of sp³-hybridized carbons (Fsp3) is 0.375. The first-order chi connectivity index (χ1) is 16.4. The van der Waals surface area contributed by atoms with E-state index in [1.807, 2.05) is 48.1 Å². The summed E-state index contributed by atoms with van der Waals surface area (Å²) in [5.74, 6) is 1.17. The van der Waals surface area contributed by atoms with Gasteiger partial charge in [0.15, 0.2) is 0 Å². The van der Waals surface area contributed by atoms with Crippen molar-refractivity contribution in [1.82, 2.24) is 19.5 Å². The predicted octanol–water partition coefficient (Wildman–Crippen LogP) is 3.18. The van der Waals surface area contributed by atoms with Crippen LogP contribution in [0.15, 0.2) is 47.3 Å². The lowest BCUT2D eigenvalue weighted by molar-refractivity contribution is -0.0309. The van der Waals surface area contributed by atoms with E-state index in [0.717, 1.165) is 37.8 Å². The van der Waals surface area contributed by atoms with E-state index in [4.69, 9.17) is 10.5 Å². The van der Waals surface area contributed by atoms with E-state index in [0.29, 0.717) is 25.3 Å². The molecule has 0 radical (unpaired) electrons. The Kier molecular flexibility index (Phi) is 5.03. The minimum Gasteiger partial charge on any atom is -0.390 e. The van der Waals surface area contributed by atoms with Crippen LogP contribution < -0.4 is 11.1 Å². The van der Waals surface area contributed by atoms with Crippen LogP contribution in [0.25, 0.3) is 21.9 Å². The van der Waals surface area contributed by atoms with Gasteiger partial charge in [-0.05, 0) is 52.5 Å². The monoisotopic (exact) mass is 524 g/mol. The second-order valence-corrected chi connectivity index (χ2v) is 10.2. The molecule has 4 heterocycles. The lowest BCUT2D eigenvalue weighted by Crippen LogP contribution is -2.37. The number of fused-ring (bicyclic) bond motifs is 2. The van der Waals surface area contributed by atoms with Gasteiger partial charge in [0, 0.05) is 24.0 Å². The third-order valence-corrected chi connectivity index (χ3v) is 8.06. The molecule has 1 saturated carbocycles. The Hall–Kier alpha value is -2.79. The highest BCUT2D eigenvalue weighted by Crippen LogP contribution is 2.55. The number of nitrogen functional groups attached to an aromatic ring is 1. The van der Waals surface area contributed by atoms with Crippen molar-refractivity contribution >= 4 is 49.5 Å².